The van der Waals surface area contributed by atoms with Gasteiger partial charge in [-0.25, -0.2) is 9.97 Å². The number of benzene rings is 1. The number of nitrogens with zero attached hydrogens (tertiary/aromatic N) is 5. The Hall–Kier alpha value is -3.05. The zero-order valence-electron chi connectivity index (χ0n) is 15.7. The number of hydrogen-bond donors (Lipinski definition) is 0. The highest BCUT2D eigenvalue weighted by Crippen LogP contribution is 2.25. The second kappa shape index (κ2) is 7.68. The van der Waals surface area contributed by atoms with E-state index >= 15 is 0 Å². The first kappa shape index (κ1) is 17.4. The summed E-state index contributed by atoms with van der Waals surface area (Å²) in [6.45, 7) is 3.02. The lowest BCUT2D eigenvalue weighted by Gasteiger charge is -2.24. The summed E-state index contributed by atoms with van der Waals surface area (Å²) in [5.74, 6) is 0.733. The van der Waals surface area contributed by atoms with Crippen molar-refractivity contribution in [2.45, 2.75) is 25.9 Å². The Balaban J connectivity index is 1.64. The van der Waals surface area contributed by atoms with Crippen LogP contribution in [0.5, 0.6) is 0 Å². The van der Waals surface area contributed by atoms with Crippen LogP contribution in [0.4, 0.5) is 0 Å². The predicted molar refractivity (Wildman–Crippen MR) is 107 cm³/mol. The zero-order valence-corrected chi connectivity index (χ0v) is 15.7. The van der Waals surface area contributed by atoms with Crippen LogP contribution < -0.4 is 0 Å². The van der Waals surface area contributed by atoms with E-state index in [2.05, 4.69) is 51.4 Å². The first-order chi connectivity index (χ1) is 13.2. The fourth-order valence-corrected chi connectivity index (χ4v) is 3.28. The molecule has 27 heavy (non-hydrogen) atoms. The molecule has 1 unspecified atom stereocenters. The number of aromatic nitrogens is 4. The summed E-state index contributed by atoms with van der Waals surface area (Å²) in [5, 5.41) is 0. The Kier molecular flexibility index (Phi) is 4.94. The molecular weight excluding hydrogens is 334 g/mol. The number of pyridine rings is 1. The van der Waals surface area contributed by atoms with Crippen LogP contribution in [-0.4, -0.2) is 37.3 Å². The van der Waals surface area contributed by atoms with Crippen molar-refractivity contribution in [2.24, 2.45) is 0 Å². The lowest BCUT2D eigenvalue weighted by Crippen LogP contribution is -2.31. The van der Waals surface area contributed by atoms with Gasteiger partial charge in [-0.3, -0.25) is 14.3 Å². The Labute approximate surface area is 159 Å². The summed E-state index contributed by atoms with van der Waals surface area (Å²) in [6, 6.07) is 18.7. The van der Waals surface area contributed by atoms with Gasteiger partial charge in [0.25, 0.3) is 0 Å². The quantitative estimate of drug-likeness (QED) is 0.526. The third kappa shape index (κ3) is 3.73. The summed E-state index contributed by atoms with van der Waals surface area (Å²) in [6.07, 6.45) is 6.58. The average molecular weight is 357 g/mol. The third-order valence-electron chi connectivity index (χ3n) is 4.93. The highest BCUT2D eigenvalue weighted by atomic mass is 15.2. The molecule has 0 fully saturated rings. The molecule has 0 amide bonds. The van der Waals surface area contributed by atoms with Crippen LogP contribution in [0.3, 0.4) is 0 Å². The molecule has 0 spiro atoms. The van der Waals surface area contributed by atoms with Gasteiger partial charge in [0.2, 0.25) is 5.78 Å². The molecular formula is C22H23N5. The highest BCUT2D eigenvalue weighted by Gasteiger charge is 2.19. The lowest BCUT2D eigenvalue weighted by molar-refractivity contribution is 0.244. The van der Waals surface area contributed by atoms with Gasteiger partial charge >= 0.3 is 0 Å². The minimum absolute atomic E-state index is 0.353. The Morgan fingerprint density at radius 1 is 0.963 bits per heavy atom. The van der Waals surface area contributed by atoms with Crippen LogP contribution in [0.25, 0.3) is 17.0 Å². The molecule has 4 rings (SSSR count). The maximum atomic E-state index is 4.79. The monoisotopic (exact) mass is 357 g/mol. The summed E-state index contributed by atoms with van der Waals surface area (Å²) >= 11 is 0. The number of rotatable bonds is 6. The molecule has 0 radical (unpaired) electrons. The number of fused-ring (bicyclic) bond motifs is 1. The highest BCUT2D eigenvalue weighted by molar-refractivity contribution is 5.65. The second-order valence-electron chi connectivity index (χ2n) is 6.85. The molecule has 0 aliphatic carbocycles. The van der Waals surface area contributed by atoms with Crippen molar-refractivity contribution in [3.8, 4) is 11.3 Å². The summed E-state index contributed by atoms with van der Waals surface area (Å²) in [7, 11) is 2.15. The van der Waals surface area contributed by atoms with E-state index in [1.54, 1.807) is 6.20 Å². The van der Waals surface area contributed by atoms with Crippen LogP contribution in [0, 0.1) is 0 Å². The maximum absolute atomic E-state index is 4.79. The predicted octanol–water partition coefficient (Wildman–Crippen LogP) is 3.85. The van der Waals surface area contributed by atoms with Crippen molar-refractivity contribution in [1.82, 2.24) is 24.3 Å². The van der Waals surface area contributed by atoms with Gasteiger partial charge in [-0.1, -0.05) is 36.4 Å². The van der Waals surface area contributed by atoms with E-state index in [9.17, 15) is 0 Å². The van der Waals surface area contributed by atoms with Crippen LogP contribution in [-0.2, 0) is 13.0 Å². The number of likely N-dealkylation sites (N-methyl/N-ethyl adjacent to an activating group) is 1. The van der Waals surface area contributed by atoms with E-state index in [4.69, 9.17) is 4.98 Å². The summed E-state index contributed by atoms with van der Waals surface area (Å²) < 4.78 is 2.09. The van der Waals surface area contributed by atoms with Gasteiger partial charge in [-0.15, -0.1) is 0 Å². The number of hydrogen-bond acceptors (Lipinski definition) is 4. The van der Waals surface area contributed by atoms with Crippen molar-refractivity contribution >= 4 is 5.78 Å². The Bertz CT molecular complexity index is 1010. The van der Waals surface area contributed by atoms with Gasteiger partial charge in [0, 0.05) is 48.9 Å². The van der Waals surface area contributed by atoms with Crippen molar-refractivity contribution in [3.05, 3.63) is 84.6 Å². The molecule has 0 aliphatic heterocycles. The van der Waals surface area contributed by atoms with Crippen molar-refractivity contribution in [3.63, 3.8) is 0 Å². The van der Waals surface area contributed by atoms with E-state index in [-0.39, 0.29) is 0 Å². The molecule has 0 saturated carbocycles. The molecule has 0 saturated heterocycles. The topological polar surface area (TPSA) is 46.3 Å². The van der Waals surface area contributed by atoms with Gasteiger partial charge in [0.15, 0.2) is 0 Å². The zero-order chi connectivity index (χ0) is 18.6. The summed E-state index contributed by atoms with van der Waals surface area (Å²) in [5.41, 5.74) is 4.37. The SMILES string of the molecule is CC(Cc1ccccn1)N(C)Cc1c(-c2ccccc2)nc2ncccn12. The minimum Gasteiger partial charge on any atom is -0.297 e. The fraction of sp³-hybridized carbons (Fsp3) is 0.227. The van der Waals surface area contributed by atoms with Crippen molar-refractivity contribution in [2.75, 3.05) is 7.05 Å². The molecule has 3 aromatic heterocycles. The van der Waals surface area contributed by atoms with E-state index in [0.29, 0.717) is 6.04 Å². The normalized spacial score (nSPS) is 12.6. The molecule has 1 aromatic carbocycles. The van der Waals surface area contributed by atoms with Gasteiger partial charge in [-0.05, 0) is 32.2 Å². The largest absolute Gasteiger partial charge is 0.297 e. The Morgan fingerprint density at radius 3 is 2.52 bits per heavy atom. The molecule has 4 aromatic rings. The molecule has 0 aliphatic rings. The molecule has 136 valence electrons. The molecule has 0 bridgehead atoms. The molecule has 5 heteroatoms. The standard InChI is InChI=1S/C22H23N5/c1-17(15-19-11-6-7-12-23-19)26(2)16-20-21(18-9-4-3-5-10-18)25-22-24-13-8-14-27(20)22/h3-14,17H,15-16H2,1-2H3. The van der Waals surface area contributed by atoms with E-state index in [0.717, 1.165) is 41.4 Å². The first-order valence-corrected chi connectivity index (χ1v) is 9.20. The van der Waals surface area contributed by atoms with Crippen LogP contribution in [0.1, 0.15) is 18.3 Å². The van der Waals surface area contributed by atoms with Crippen molar-refractivity contribution in [1.29, 1.82) is 0 Å². The van der Waals surface area contributed by atoms with Crippen molar-refractivity contribution < 1.29 is 0 Å². The molecule has 3 heterocycles. The van der Waals surface area contributed by atoms with E-state index in [1.165, 1.54) is 0 Å². The van der Waals surface area contributed by atoms with Crippen LogP contribution >= 0.6 is 0 Å². The molecule has 1 atom stereocenters. The van der Waals surface area contributed by atoms with Crippen LogP contribution in [0.15, 0.2) is 73.2 Å². The average Bonchev–Trinajstić information content (AvgIpc) is 3.08. The van der Waals surface area contributed by atoms with Gasteiger partial charge in [0.1, 0.15) is 0 Å². The Morgan fingerprint density at radius 2 is 1.74 bits per heavy atom. The number of imidazole rings is 1. The molecule has 0 N–H and O–H groups in total. The van der Waals surface area contributed by atoms with Gasteiger partial charge in [-0.2, -0.15) is 0 Å². The van der Waals surface area contributed by atoms with Gasteiger partial charge in [0.05, 0.1) is 11.4 Å². The minimum atomic E-state index is 0.353. The first-order valence-electron chi connectivity index (χ1n) is 9.20. The second-order valence-corrected chi connectivity index (χ2v) is 6.85. The van der Waals surface area contributed by atoms with E-state index < -0.39 is 0 Å². The molecule has 5 nitrogen and oxygen atoms in total. The lowest BCUT2D eigenvalue weighted by atomic mass is 10.1. The maximum Gasteiger partial charge on any atom is 0.234 e. The van der Waals surface area contributed by atoms with Crippen LogP contribution in [0.2, 0.25) is 0 Å². The van der Waals surface area contributed by atoms with E-state index in [1.807, 2.05) is 48.8 Å². The third-order valence-corrected chi connectivity index (χ3v) is 4.93. The van der Waals surface area contributed by atoms with Gasteiger partial charge < -0.3 is 0 Å². The summed E-state index contributed by atoms with van der Waals surface area (Å²) in [4.78, 5) is 16.0. The fourth-order valence-electron chi connectivity index (χ4n) is 3.28. The smallest absolute Gasteiger partial charge is 0.234 e.